The number of carbonyl (C=O) groups excluding carboxylic acids is 3. The molecule has 122 valence electrons. The largest absolute Gasteiger partial charge is 0.376 e. The predicted molar refractivity (Wildman–Crippen MR) is 77.9 cm³/mol. The number of ether oxygens (including phenoxy) is 1. The average molecular weight is 309 g/mol. The molecule has 0 radical (unpaired) electrons. The van der Waals surface area contributed by atoms with Crippen molar-refractivity contribution in [2.45, 2.75) is 43.9 Å². The van der Waals surface area contributed by atoms with Crippen LogP contribution in [0.25, 0.3) is 0 Å². The number of nitrogens with zero attached hydrogens (tertiary/aromatic N) is 3. The number of carbonyl (C=O) groups is 3. The van der Waals surface area contributed by atoms with E-state index in [2.05, 4.69) is 0 Å². The zero-order chi connectivity index (χ0) is 15.9. The van der Waals surface area contributed by atoms with Crippen molar-refractivity contribution >= 4 is 17.7 Å². The van der Waals surface area contributed by atoms with Gasteiger partial charge in [0.2, 0.25) is 17.7 Å². The highest BCUT2D eigenvalue weighted by Crippen LogP contribution is 2.34. The lowest BCUT2D eigenvalue weighted by Crippen LogP contribution is -2.51. The second-order valence-corrected chi connectivity index (χ2v) is 6.47. The standard InChI is InChI=1S/C15H23N3O4/c1-16(2)15(21)11-8-12-10(5-7-22-12)18(11)14(20)9-17-6-3-4-13(17)19/h10-12H,3-9H2,1-2H3/t10-,11?,12-/m0/s1. The van der Waals surface area contributed by atoms with E-state index in [1.165, 1.54) is 4.90 Å². The lowest BCUT2D eigenvalue weighted by molar-refractivity contribution is -0.146. The number of likely N-dealkylation sites (tertiary alicyclic amines) is 2. The van der Waals surface area contributed by atoms with Gasteiger partial charge in [0.15, 0.2) is 0 Å². The van der Waals surface area contributed by atoms with Gasteiger partial charge in [-0.15, -0.1) is 0 Å². The van der Waals surface area contributed by atoms with Crippen LogP contribution in [0.4, 0.5) is 0 Å². The van der Waals surface area contributed by atoms with E-state index < -0.39 is 6.04 Å². The molecule has 3 aliphatic heterocycles. The molecular formula is C15H23N3O4. The van der Waals surface area contributed by atoms with E-state index in [0.29, 0.717) is 26.0 Å². The van der Waals surface area contributed by atoms with Crippen molar-refractivity contribution in [2.75, 3.05) is 33.8 Å². The van der Waals surface area contributed by atoms with E-state index >= 15 is 0 Å². The number of amides is 3. The van der Waals surface area contributed by atoms with Crippen molar-refractivity contribution in [2.24, 2.45) is 0 Å². The monoisotopic (exact) mass is 309 g/mol. The van der Waals surface area contributed by atoms with Gasteiger partial charge in [-0.1, -0.05) is 0 Å². The lowest BCUT2D eigenvalue weighted by atomic mass is 10.1. The van der Waals surface area contributed by atoms with Crippen LogP contribution in [0, 0.1) is 0 Å². The van der Waals surface area contributed by atoms with E-state index in [1.807, 2.05) is 0 Å². The summed E-state index contributed by atoms with van der Waals surface area (Å²) in [4.78, 5) is 41.7. The van der Waals surface area contributed by atoms with Gasteiger partial charge in [0.05, 0.1) is 18.7 Å². The summed E-state index contributed by atoms with van der Waals surface area (Å²) in [6, 6.07) is -0.491. The van der Waals surface area contributed by atoms with Crippen LogP contribution in [-0.4, -0.2) is 84.4 Å². The summed E-state index contributed by atoms with van der Waals surface area (Å²) >= 11 is 0. The maximum Gasteiger partial charge on any atom is 0.244 e. The smallest absolute Gasteiger partial charge is 0.244 e. The van der Waals surface area contributed by atoms with Crippen molar-refractivity contribution in [3.8, 4) is 0 Å². The first-order valence-electron chi connectivity index (χ1n) is 7.90. The van der Waals surface area contributed by atoms with E-state index in [-0.39, 0.29) is 36.4 Å². The van der Waals surface area contributed by atoms with E-state index in [1.54, 1.807) is 23.9 Å². The highest BCUT2D eigenvalue weighted by atomic mass is 16.5. The van der Waals surface area contributed by atoms with Crippen LogP contribution >= 0.6 is 0 Å². The fraction of sp³-hybridized carbons (Fsp3) is 0.800. The van der Waals surface area contributed by atoms with E-state index in [0.717, 1.165) is 12.8 Å². The van der Waals surface area contributed by atoms with Crippen molar-refractivity contribution in [3.05, 3.63) is 0 Å². The van der Waals surface area contributed by atoms with Crippen LogP contribution in [-0.2, 0) is 19.1 Å². The first kappa shape index (κ1) is 15.3. The maximum atomic E-state index is 12.7. The fourth-order valence-corrected chi connectivity index (χ4v) is 3.74. The number of rotatable bonds is 3. The van der Waals surface area contributed by atoms with Crippen LogP contribution < -0.4 is 0 Å². The third-order valence-corrected chi connectivity index (χ3v) is 4.83. The molecule has 3 aliphatic rings. The van der Waals surface area contributed by atoms with Gasteiger partial charge in [-0.05, 0) is 12.8 Å². The zero-order valence-electron chi connectivity index (χ0n) is 13.2. The number of hydrogen-bond acceptors (Lipinski definition) is 4. The minimum Gasteiger partial charge on any atom is -0.376 e. The highest BCUT2D eigenvalue weighted by molar-refractivity contribution is 5.91. The van der Waals surface area contributed by atoms with Crippen LogP contribution in [0.5, 0.6) is 0 Å². The van der Waals surface area contributed by atoms with Crippen LogP contribution in [0.1, 0.15) is 25.7 Å². The molecule has 7 heteroatoms. The predicted octanol–water partition coefficient (Wildman–Crippen LogP) is -0.545. The van der Waals surface area contributed by atoms with Gasteiger partial charge in [-0.3, -0.25) is 14.4 Å². The molecule has 3 amide bonds. The molecule has 3 atom stereocenters. The Kier molecular flexibility index (Phi) is 4.08. The van der Waals surface area contributed by atoms with Crippen molar-refractivity contribution in [1.29, 1.82) is 0 Å². The molecule has 0 aliphatic carbocycles. The molecule has 0 saturated carbocycles. The molecule has 3 heterocycles. The summed E-state index contributed by atoms with van der Waals surface area (Å²) in [6.45, 7) is 1.35. The number of hydrogen-bond donors (Lipinski definition) is 0. The molecule has 22 heavy (non-hydrogen) atoms. The summed E-state index contributed by atoms with van der Waals surface area (Å²) < 4.78 is 5.66. The minimum absolute atomic E-state index is 0.0286. The molecule has 7 nitrogen and oxygen atoms in total. The summed E-state index contributed by atoms with van der Waals surface area (Å²) in [5.41, 5.74) is 0. The van der Waals surface area contributed by atoms with Crippen molar-refractivity contribution in [1.82, 2.24) is 14.7 Å². The molecule has 3 rings (SSSR count). The quantitative estimate of drug-likeness (QED) is 0.702. The minimum atomic E-state index is -0.462. The molecule has 1 unspecified atom stereocenters. The maximum absolute atomic E-state index is 12.7. The molecule has 3 fully saturated rings. The van der Waals surface area contributed by atoms with E-state index in [4.69, 9.17) is 4.74 Å². The Balaban J connectivity index is 1.75. The normalized spacial score (nSPS) is 30.8. The Morgan fingerprint density at radius 3 is 2.77 bits per heavy atom. The van der Waals surface area contributed by atoms with Crippen molar-refractivity contribution < 1.29 is 19.1 Å². The van der Waals surface area contributed by atoms with Gasteiger partial charge in [0, 0.05) is 40.1 Å². The molecule has 3 saturated heterocycles. The van der Waals surface area contributed by atoms with Gasteiger partial charge >= 0.3 is 0 Å². The Morgan fingerprint density at radius 2 is 2.14 bits per heavy atom. The van der Waals surface area contributed by atoms with E-state index in [9.17, 15) is 14.4 Å². The topological polar surface area (TPSA) is 70.2 Å². The molecule has 0 aromatic carbocycles. The number of fused-ring (bicyclic) bond motifs is 1. The van der Waals surface area contributed by atoms with Crippen LogP contribution in [0.3, 0.4) is 0 Å². The second kappa shape index (κ2) is 5.87. The van der Waals surface area contributed by atoms with Gasteiger partial charge in [-0.25, -0.2) is 0 Å². The molecule has 0 bridgehead atoms. The zero-order valence-corrected chi connectivity index (χ0v) is 13.2. The van der Waals surface area contributed by atoms with Gasteiger partial charge < -0.3 is 19.4 Å². The molecular weight excluding hydrogens is 286 g/mol. The SMILES string of the molecule is CN(C)C(=O)C1C[C@@H]2OCC[C@@H]2N1C(=O)CN1CCCC1=O. The van der Waals surface area contributed by atoms with Gasteiger partial charge in [0.25, 0.3) is 0 Å². The summed E-state index contributed by atoms with van der Waals surface area (Å²) in [5, 5.41) is 0. The third-order valence-electron chi connectivity index (χ3n) is 4.83. The third kappa shape index (κ3) is 2.58. The van der Waals surface area contributed by atoms with Gasteiger partial charge in [-0.2, -0.15) is 0 Å². The average Bonchev–Trinajstić information content (AvgIpc) is 3.13. The highest BCUT2D eigenvalue weighted by Gasteiger charge is 2.50. The van der Waals surface area contributed by atoms with Gasteiger partial charge in [0.1, 0.15) is 6.04 Å². The summed E-state index contributed by atoms with van der Waals surface area (Å²) in [6.07, 6.45) is 2.60. The molecule has 0 aromatic heterocycles. The summed E-state index contributed by atoms with van der Waals surface area (Å²) in [7, 11) is 3.40. The first-order valence-corrected chi connectivity index (χ1v) is 7.90. The molecule has 0 N–H and O–H groups in total. The molecule has 0 spiro atoms. The van der Waals surface area contributed by atoms with Crippen LogP contribution in [0.15, 0.2) is 0 Å². The summed E-state index contributed by atoms with van der Waals surface area (Å²) in [5.74, 6) is -0.171. The number of likely N-dealkylation sites (N-methyl/N-ethyl adjacent to an activating group) is 1. The Labute approximate surface area is 130 Å². The van der Waals surface area contributed by atoms with Crippen molar-refractivity contribution in [3.63, 3.8) is 0 Å². The Morgan fingerprint density at radius 1 is 1.36 bits per heavy atom. The first-order chi connectivity index (χ1) is 10.5. The fourth-order valence-electron chi connectivity index (χ4n) is 3.74. The Hall–Kier alpha value is -1.63. The molecule has 0 aromatic rings. The lowest BCUT2D eigenvalue weighted by Gasteiger charge is -2.31. The Bertz CT molecular complexity index is 493. The second-order valence-electron chi connectivity index (χ2n) is 6.47. The van der Waals surface area contributed by atoms with Crippen LogP contribution in [0.2, 0.25) is 0 Å².